The van der Waals surface area contributed by atoms with E-state index in [0.717, 1.165) is 5.69 Å². The summed E-state index contributed by atoms with van der Waals surface area (Å²) in [5, 5.41) is 14.1. The van der Waals surface area contributed by atoms with Crippen molar-refractivity contribution in [3.05, 3.63) is 59.5 Å². The summed E-state index contributed by atoms with van der Waals surface area (Å²) in [5.74, 6) is 0.158. The number of carbonyl (C=O) groups is 1. The van der Waals surface area contributed by atoms with E-state index in [-0.39, 0.29) is 5.75 Å². The quantitative estimate of drug-likeness (QED) is 0.565. The van der Waals surface area contributed by atoms with E-state index in [1.165, 1.54) is 13.2 Å². The van der Waals surface area contributed by atoms with Gasteiger partial charge >= 0.3 is 0 Å². The molecule has 128 valence electrons. The molecule has 0 saturated heterocycles. The number of imidazole rings is 1. The Kier molecular flexibility index (Phi) is 4.38. The zero-order valence-corrected chi connectivity index (χ0v) is 14.1. The minimum atomic E-state index is -0.409. The zero-order chi connectivity index (χ0) is 18.0. The van der Waals surface area contributed by atoms with Crippen LogP contribution in [0, 0.1) is 6.92 Å². The van der Waals surface area contributed by atoms with Crippen molar-refractivity contribution in [2.75, 3.05) is 7.11 Å². The third-order valence-corrected chi connectivity index (χ3v) is 3.90. The molecule has 0 radical (unpaired) electrons. The predicted octanol–water partition coefficient (Wildman–Crippen LogP) is 2.51. The van der Waals surface area contributed by atoms with Crippen LogP contribution in [-0.2, 0) is 0 Å². The highest BCUT2D eigenvalue weighted by molar-refractivity contribution is 6.02. The summed E-state index contributed by atoms with van der Waals surface area (Å²) in [6.07, 6.45) is 1.85. The van der Waals surface area contributed by atoms with Crippen molar-refractivity contribution in [2.24, 2.45) is 5.10 Å². The van der Waals surface area contributed by atoms with Crippen molar-refractivity contribution < 1.29 is 14.6 Å². The molecule has 7 nitrogen and oxygen atoms in total. The van der Waals surface area contributed by atoms with E-state index in [2.05, 4.69) is 15.5 Å². The standard InChI is InChI=1S/C18H18N4O3/c1-11(14-8-7-13(25-3)10-15(14)23)20-21-18(24)17-12(2)22-9-5-4-6-16(22)19-17/h4-10,23H,1-3H3,(H,21,24). The van der Waals surface area contributed by atoms with Gasteiger partial charge in [0.05, 0.1) is 18.5 Å². The van der Waals surface area contributed by atoms with Gasteiger partial charge in [0.2, 0.25) is 0 Å². The van der Waals surface area contributed by atoms with Gasteiger partial charge in [0.25, 0.3) is 5.91 Å². The number of aromatic nitrogens is 2. The summed E-state index contributed by atoms with van der Waals surface area (Å²) in [6, 6.07) is 10.4. The maximum absolute atomic E-state index is 12.4. The molecule has 0 spiro atoms. The lowest BCUT2D eigenvalue weighted by Gasteiger charge is -2.07. The van der Waals surface area contributed by atoms with Crippen molar-refractivity contribution in [2.45, 2.75) is 13.8 Å². The first-order valence-electron chi connectivity index (χ1n) is 7.67. The van der Waals surface area contributed by atoms with Gasteiger partial charge in [0.1, 0.15) is 17.1 Å². The number of nitrogens with zero attached hydrogens (tertiary/aromatic N) is 3. The van der Waals surface area contributed by atoms with Gasteiger partial charge in [0.15, 0.2) is 5.69 Å². The van der Waals surface area contributed by atoms with E-state index < -0.39 is 5.91 Å². The average Bonchev–Trinajstić information content (AvgIpc) is 2.96. The Morgan fingerprint density at radius 2 is 2.12 bits per heavy atom. The number of amides is 1. The van der Waals surface area contributed by atoms with Gasteiger partial charge in [-0.3, -0.25) is 4.79 Å². The lowest BCUT2D eigenvalue weighted by Crippen LogP contribution is -2.20. The minimum Gasteiger partial charge on any atom is -0.507 e. The number of aromatic hydroxyl groups is 1. The van der Waals surface area contributed by atoms with Crippen LogP contribution >= 0.6 is 0 Å². The molecular weight excluding hydrogens is 320 g/mol. The number of phenols is 1. The molecule has 3 aromatic rings. The van der Waals surface area contributed by atoms with Gasteiger partial charge in [-0.1, -0.05) is 6.07 Å². The number of methoxy groups -OCH3 is 1. The molecule has 0 bridgehead atoms. The molecule has 25 heavy (non-hydrogen) atoms. The van der Waals surface area contributed by atoms with Crippen LogP contribution in [-0.4, -0.2) is 33.2 Å². The van der Waals surface area contributed by atoms with Gasteiger partial charge in [-0.25, -0.2) is 10.4 Å². The lowest BCUT2D eigenvalue weighted by molar-refractivity contribution is 0.0949. The summed E-state index contributed by atoms with van der Waals surface area (Å²) in [6.45, 7) is 3.51. The van der Waals surface area contributed by atoms with E-state index in [4.69, 9.17) is 4.74 Å². The van der Waals surface area contributed by atoms with E-state index >= 15 is 0 Å². The molecule has 2 N–H and O–H groups in total. The van der Waals surface area contributed by atoms with Crippen LogP contribution in [0.1, 0.15) is 28.7 Å². The van der Waals surface area contributed by atoms with Crippen molar-refractivity contribution in [3.8, 4) is 11.5 Å². The first-order chi connectivity index (χ1) is 12.0. The number of aryl methyl sites for hydroxylation is 1. The largest absolute Gasteiger partial charge is 0.507 e. The number of carbonyl (C=O) groups excluding carboxylic acids is 1. The molecule has 2 heterocycles. The van der Waals surface area contributed by atoms with E-state index in [9.17, 15) is 9.90 Å². The van der Waals surface area contributed by atoms with Crippen LogP contribution < -0.4 is 10.2 Å². The fourth-order valence-electron chi connectivity index (χ4n) is 2.53. The lowest BCUT2D eigenvalue weighted by atomic mass is 10.1. The number of nitrogens with one attached hydrogen (secondary N) is 1. The zero-order valence-electron chi connectivity index (χ0n) is 14.1. The highest BCUT2D eigenvalue weighted by Gasteiger charge is 2.15. The molecule has 1 aromatic carbocycles. The Bertz CT molecular complexity index is 976. The monoisotopic (exact) mass is 338 g/mol. The van der Waals surface area contributed by atoms with Crippen LogP contribution in [0.15, 0.2) is 47.7 Å². The molecule has 0 aliphatic carbocycles. The van der Waals surface area contributed by atoms with E-state index in [1.54, 1.807) is 19.1 Å². The number of hydrazone groups is 1. The van der Waals surface area contributed by atoms with Gasteiger partial charge < -0.3 is 14.2 Å². The van der Waals surface area contributed by atoms with E-state index in [0.29, 0.717) is 28.4 Å². The molecule has 3 rings (SSSR count). The maximum Gasteiger partial charge on any atom is 0.291 e. The molecule has 0 atom stereocenters. The summed E-state index contributed by atoms with van der Waals surface area (Å²) in [5.41, 5.74) is 5.19. The van der Waals surface area contributed by atoms with Gasteiger partial charge in [-0.15, -0.1) is 0 Å². The number of benzene rings is 1. The minimum absolute atomic E-state index is 0.0266. The Morgan fingerprint density at radius 1 is 1.32 bits per heavy atom. The molecule has 2 aromatic heterocycles. The smallest absolute Gasteiger partial charge is 0.291 e. The molecule has 7 heteroatoms. The van der Waals surface area contributed by atoms with Crippen molar-refractivity contribution in [1.82, 2.24) is 14.8 Å². The van der Waals surface area contributed by atoms with Crippen molar-refractivity contribution >= 4 is 17.3 Å². The van der Waals surface area contributed by atoms with Crippen LogP contribution in [0.5, 0.6) is 11.5 Å². The maximum atomic E-state index is 12.4. The van der Waals surface area contributed by atoms with Gasteiger partial charge in [-0.2, -0.15) is 5.10 Å². The highest BCUT2D eigenvalue weighted by Crippen LogP contribution is 2.23. The third kappa shape index (κ3) is 3.16. The van der Waals surface area contributed by atoms with Crippen LogP contribution in [0.25, 0.3) is 5.65 Å². The molecule has 0 aliphatic rings. The van der Waals surface area contributed by atoms with Gasteiger partial charge in [-0.05, 0) is 38.1 Å². The molecular formula is C18H18N4O3. The molecule has 0 unspecified atom stereocenters. The molecule has 0 fully saturated rings. The molecule has 1 amide bonds. The number of pyridine rings is 1. The Hall–Kier alpha value is -3.35. The first-order valence-corrected chi connectivity index (χ1v) is 7.67. The predicted molar refractivity (Wildman–Crippen MR) is 94.3 cm³/mol. The number of phenolic OH excluding ortho intramolecular Hbond substituents is 1. The first kappa shape index (κ1) is 16.5. The summed E-state index contributed by atoms with van der Waals surface area (Å²) in [7, 11) is 1.52. The fraction of sp³-hybridized carbons (Fsp3) is 0.167. The Morgan fingerprint density at radius 3 is 2.80 bits per heavy atom. The number of hydrogen-bond donors (Lipinski definition) is 2. The van der Waals surface area contributed by atoms with E-state index in [1.807, 2.05) is 35.7 Å². The summed E-state index contributed by atoms with van der Waals surface area (Å²) < 4.78 is 6.88. The Labute approximate surface area is 144 Å². The van der Waals surface area contributed by atoms with Gasteiger partial charge in [0, 0.05) is 17.8 Å². The second kappa shape index (κ2) is 6.64. The summed E-state index contributed by atoms with van der Waals surface area (Å²) >= 11 is 0. The highest BCUT2D eigenvalue weighted by atomic mass is 16.5. The number of fused-ring (bicyclic) bond motifs is 1. The summed E-state index contributed by atoms with van der Waals surface area (Å²) in [4.78, 5) is 16.7. The number of hydrogen-bond acceptors (Lipinski definition) is 5. The Balaban J connectivity index is 1.82. The normalized spacial score (nSPS) is 11.6. The van der Waals surface area contributed by atoms with Crippen molar-refractivity contribution in [3.63, 3.8) is 0 Å². The van der Waals surface area contributed by atoms with Crippen molar-refractivity contribution in [1.29, 1.82) is 0 Å². The third-order valence-electron chi connectivity index (χ3n) is 3.90. The van der Waals surface area contributed by atoms with Crippen LogP contribution in [0.3, 0.4) is 0 Å². The number of rotatable bonds is 4. The SMILES string of the molecule is COc1ccc(C(C)=NNC(=O)c2nc3ccccn3c2C)c(O)c1. The fourth-order valence-corrected chi connectivity index (χ4v) is 2.53. The molecule has 0 aliphatic heterocycles. The van der Waals surface area contributed by atoms with Crippen LogP contribution in [0.4, 0.5) is 0 Å². The molecule has 0 saturated carbocycles. The average molecular weight is 338 g/mol. The van der Waals surface area contributed by atoms with Crippen LogP contribution in [0.2, 0.25) is 0 Å². The topological polar surface area (TPSA) is 88.2 Å². The number of ether oxygens (including phenoxy) is 1. The second-order valence-corrected chi connectivity index (χ2v) is 5.50. The second-order valence-electron chi connectivity index (χ2n) is 5.50.